The molecule has 0 aromatic heterocycles. The first-order valence-electron chi connectivity index (χ1n) is 27.4. The van der Waals surface area contributed by atoms with Gasteiger partial charge in [0.05, 0.1) is 25.4 Å². The van der Waals surface area contributed by atoms with Crippen LogP contribution in [0.1, 0.15) is 264 Å². The molecule has 0 aromatic rings. The van der Waals surface area contributed by atoms with Gasteiger partial charge in [-0.2, -0.15) is 0 Å². The lowest BCUT2D eigenvalue weighted by Gasteiger charge is -2.40. The Morgan fingerprint density at radius 2 is 0.812 bits per heavy atom. The summed E-state index contributed by atoms with van der Waals surface area (Å²) in [7, 11) is 0. The Kier molecular flexibility index (Phi) is 41.4. The molecule has 64 heavy (non-hydrogen) atoms. The first-order valence-corrected chi connectivity index (χ1v) is 27.4. The van der Waals surface area contributed by atoms with Crippen LogP contribution in [-0.2, 0) is 14.3 Å². The molecule has 0 aromatic carbocycles. The second kappa shape index (κ2) is 43.4. The number of nitrogens with one attached hydrogen (secondary N) is 1. The Bertz CT molecular complexity index is 1010. The third-order valence-electron chi connectivity index (χ3n) is 13.7. The molecule has 1 amide bonds. The maximum atomic E-state index is 13.1. The van der Waals surface area contributed by atoms with E-state index in [1.807, 2.05) is 0 Å². The molecule has 0 aliphatic carbocycles. The fourth-order valence-electron chi connectivity index (χ4n) is 9.15. The van der Waals surface area contributed by atoms with Gasteiger partial charge in [0, 0.05) is 0 Å². The highest BCUT2D eigenvalue weighted by Gasteiger charge is 2.44. The van der Waals surface area contributed by atoms with Gasteiger partial charge in [-0.25, -0.2) is 0 Å². The van der Waals surface area contributed by atoms with E-state index in [-0.39, 0.29) is 6.42 Å². The molecule has 382 valence electrons. The fourth-order valence-corrected chi connectivity index (χ4v) is 9.15. The zero-order chi connectivity index (χ0) is 46.9. The van der Waals surface area contributed by atoms with Crippen LogP contribution in [0, 0.1) is 0 Å². The minimum atomic E-state index is -1.66. The van der Waals surface area contributed by atoms with Gasteiger partial charge in [-0.05, 0) is 12.8 Å². The summed E-state index contributed by atoms with van der Waals surface area (Å²) in [5.74, 6) is -0.694. The number of hydrogen-bond acceptors (Lipinski definition) is 10. The molecular formula is C53H105NO10. The topological polar surface area (TPSA) is 189 Å². The lowest BCUT2D eigenvalue weighted by atomic mass is 9.98. The molecule has 1 aliphatic heterocycles. The monoisotopic (exact) mass is 916 g/mol. The average molecular weight is 916 g/mol. The molecule has 9 unspecified atom stereocenters. The first-order chi connectivity index (χ1) is 31.2. The van der Waals surface area contributed by atoms with Crippen molar-refractivity contribution in [1.82, 2.24) is 5.32 Å². The van der Waals surface area contributed by atoms with E-state index < -0.39 is 74.2 Å². The van der Waals surface area contributed by atoms with Gasteiger partial charge in [-0.1, -0.05) is 251 Å². The summed E-state index contributed by atoms with van der Waals surface area (Å²) in [4.78, 5) is 13.1. The number of rotatable bonds is 47. The van der Waals surface area contributed by atoms with Crippen LogP contribution in [0.3, 0.4) is 0 Å². The van der Waals surface area contributed by atoms with E-state index in [1.165, 1.54) is 186 Å². The van der Waals surface area contributed by atoms with Crippen LogP contribution in [0.5, 0.6) is 0 Å². The van der Waals surface area contributed by atoms with E-state index >= 15 is 0 Å². The number of aliphatic hydroxyl groups excluding tert-OH is 7. The Labute approximate surface area is 392 Å². The van der Waals surface area contributed by atoms with Gasteiger partial charge in [-0.15, -0.1) is 0 Å². The number of aliphatic hydroxyl groups is 7. The number of amides is 1. The van der Waals surface area contributed by atoms with Crippen molar-refractivity contribution >= 4 is 5.91 Å². The van der Waals surface area contributed by atoms with Crippen molar-refractivity contribution in [2.75, 3.05) is 13.2 Å². The van der Waals surface area contributed by atoms with Gasteiger partial charge >= 0.3 is 0 Å². The maximum Gasteiger partial charge on any atom is 0.249 e. The normalized spacial score (nSPS) is 20.9. The predicted octanol–water partition coefficient (Wildman–Crippen LogP) is 10.6. The second-order valence-electron chi connectivity index (χ2n) is 19.7. The average Bonchev–Trinajstić information content (AvgIpc) is 3.29. The number of carbonyl (C=O) groups excluding carboxylic acids is 1. The summed E-state index contributed by atoms with van der Waals surface area (Å²) in [6.07, 6.45) is 36.0. The van der Waals surface area contributed by atoms with E-state index in [0.717, 1.165) is 38.5 Å². The molecule has 1 saturated heterocycles. The number of hydrogen-bond donors (Lipinski definition) is 8. The molecule has 11 nitrogen and oxygen atoms in total. The maximum absolute atomic E-state index is 13.1. The Morgan fingerprint density at radius 3 is 1.16 bits per heavy atom. The van der Waals surface area contributed by atoms with E-state index in [2.05, 4.69) is 19.2 Å². The van der Waals surface area contributed by atoms with Crippen molar-refractivity contribution in [3.8, 4) is 0 Å². The van der Waals surface area contributed by atoms with Crippen LogP contribution < -0.4 is 5.32 Å². The van der Waals surface area contributed by atoms with E-state index in [9.17, 15) is 40.5 Å². The lowest BCUT2D eigenvalue weighted by molar-refractivity contribution is -0.303. The third kappa shape index (κ3) is 32.0. The molecule has 1 heterocycles. The molecule has 9 atom stereocenters. The largest absolute Gasteiger partial charge is 0.394 e. The van der Waals surface area contributed by atoms with Gasteiger partial charge in [0.2, 0.25) is 5.91 Å². The van der Waals surface area contributed by atoms with Gasteiger partial charge in [0.15, 0.2) is 6.29 Å². The lowest BCUT2D eigenvalue weighted by Crippen LogP contribution is -2.60. The Hall–Kier alpha value is -0.890. The minimum Gasteiger partial charge on any atom is -0.394 e. The van der Waals surface area contributed by atoms with Crippen LogP contribution in [-0.4, -0.2) is 110 Å². The summed E-state index contributed by atoms with van der Waals surface area (Å²) in [5.41, 5.74) is 0. The first kappa shape index (κ1) is 61.1. The summed E-state index contributed by atoms with van der Waals surface area (Å²) < 4.78 is 11.1. The molecular weight excluding hydrogens is 811 g/mol. The van der Waals surface area contributed by atoms with E-state index in [1.54, 1.807) is 0 Å². The predicted molar refractivity (Wildman–Crippen MR) is 261 cm³/mol. The fraction of sp³-hybridized carbons (Fsp3) is 0.981. The van der Waals surface area contributed by atoms with Crippen molar-refractivity contribution in [1.29, 1.82) is 0 Å². The zero-order valence-corrected chi connectivity index (χ0v) is 41.5. The van der Waals surface area contributed by atoms with Gasteiger partial charge in [-0.3, -0.25) is 4.79 Å². The molecule has 8 N–H and O–H groups in total. The molecule has 1 rings (SSSR count). The highest BCUT2D eigenvalue weighted by atomic mass is 16.7. The van der Waals surface area contributed by atoms with E-state index in [4.69, 9.17) is 9.47 Å². The summed E-state index contributed by atoms with van der Waals surface area (Å²) >= 11 is 0. The quantitative estimate of drug-likeness (QED) is 0.0273. The van der Waals surface area contributed by atoms with Crippen LogP contribution in [0.15, 0.2) is 0 Å². The van der Waals surface area contributed by atoms with Crippen LogP contribution in [0.25, 0.3) is 0 Å². The van der Waals surface area contributed by atoms with Crippen LogP contribution in [0.2, 0.25) is 0 Å². The van der Waals surface area contributed by atoms with Gasteiger partial charge < -0.3 is 50.5 Å². The third-order valence-corrected chi connectivity index (χ3v) is 13.7. The highest BCUT2D eigenvalue weighted by molar-refractivity contribution is 5.80. The summed E-state index contributed by atoms with van der Waals surface area (Å²) in [6.45, 7) is 3.46. The summed E-state index contributed by atoms with van der Waals surface area (Å²) in [6, 6.07) is -1.16. The van der Waals surface area contributed by atoms with Crippen molar-refractivity contribution in [3.05, 3.63) is 0 Å². The van der Waals surface area contributed by atoms with Crippen LogP contribution >= 0.6 is 0 Å². The SMILES string of the molecule is CCCCCCCCCCCCCCCCCCCCCCCCCCCCC(O)C(O)C(COC1OC(CO)C(O)C(O)C1O)NC(=O)C(O)CCCCCCCCCCCCC. The second-order valence-corrected chi connectivity index (χ2v) is 19.7. The van der Waals surface area contributed by atoms with Crippen molar-refractivity contribution in [2.45, 2.75) is 319 Å². The molecule has 1 fully saturated rings. The molecule has 11 heteroatoms. The van der Waals surface area contributed by atoms with E-state index in [0.29, 0.717) is 19.3 Å². The van der Waals surface area contributed by atoms with Gasteiger partial charge in [0.1, 0.15) is 36.6 Å². The molecule has 0 saturated carbocycles. The summed E-state index contributed by atoms with van der Waals surface area (Å²) in [5, 5.41) is 75.9. The van der Waals surface area contributed by atoms with Gasteiger partial charge in [0.25, 0.3) is 0 Å². The number of ether oxygens (including phenoxy) is 2. The van der Waals surface area contributed by atoms with Crippen molar-refractivity contribution in [2.24, 2.45) is 0 Å². The minimum absolute atomic E-state index is 0.265. The molecule has 0 spiro atoms. The zero-order valence-electron chi connectivity index (χ0n) is 41.5. The Balaban J connectivity index is 2.26. The smallest absolute Gasteiger partial charge is 0.249 e. The molecule has 1 aliphatic rings. The number of carbonyl (C=O) groups is 1. The van der Waals surface area contributed by atoms with Crippen LogP contribution in [0.4, 0.5) is 0 Å². The Morgan fingerprint density at radius 1 is 0.484 bits per heavy atom. The molecule has 0 bridgehead atoms. The number of unbranched alkanes of at least 4 members (excludes halogenated alkanes) is 35. The highest BCUT2D eigenvalue weighted by Crippen LogP contribution is 2.23. The van der Waals surface area contributed by atoms with Crippen molar-refractivity contribution < 1.29 is 50.0 Å². The van der Waals surface area contributed by atoms with Crippen molar-refractivity contribution in [3.63, 3.8) is 0 Å². The standard InChI is InChI=1S/C53H105NO10/c1-3-5-7-9-11-13-15-16-17-18-19-20-21-22-23-24-25-26-27-28-29-31-32-34-36-38-40-45(56)48(58)44(43-63-53-51(61)50(60)49(59)47(42-55)64-53)54-52(62)46(57)41-39-37-35-33-30-14-12-10-8-6-4-2/h44-51,53,55-61H,3-43H2,1-2H3,(H,54,62). The molecule has 0 radical (unpaired) electrons.